The lowest BCUT2D eigenvalue weighted by atomic mass is 10.2. The number of rotatable bonds is 4. The number of nitrogens with zero attached hydrogens (tertiary/aromatic N) is 2. The van der Waals surface area contributed by atoms with Gasteiger partial charge in [-0.3, -0.25) is 9.69 Å². The summed E-state index contributed by atoms with van der Waals surface area (Å²) in [5.74, 6) is -0.359. The number of nitrogens with one attached hydrogen (secondary N) is 1. The van der Waals surface area contributed by atoms with Gasteiger partial charge in [0, 0.05) is 31.9 Å². The molecule has 24 heavy (non-hydrogen) atoms. The molecule has 0 unspecified atom stereocenters. The third-order valence-electron chi connectivity index (χ3n) is 3.66. The Morgan fingerprint density at radius 3 is 2.12 bits per heavy atom. The molecule has 0 spiro atoms. The lowest BCUT2D eigenvalue weighted by Gasteiger charge is -2.32. The molecule has 0 aromatic heterocycles. The lowest BCUT2D eigenvalue weighted by Crippen LogP contribution is -2.50. The highest BCUT2D eigenvalue weighted by Gasteiger charge is 2.30. The summed E-state index contributed by atoms with van der Waals surface area (Å²) in [7, 11) is -3.23. The maximum Gasteiger partial charge on any atom is 0.416 e. The minimum Gasteiger partial charge on any atom is -0.325 e. The van der Waals surface area contributed by atoms with Gasteiger partial charge in [-0.2, -0.15) is 17.5 Å². The Hall–Kier alpha value is -1.65. The first-order chi connectivity index (χ1) is 11.1. The predicted octanol–water partition coefficient (Wildman–Crippen LogP) is 1.22. The van der Waals surface area contributed by atoms with Crippen LogP contribution in [0.5, 0.6) is 0 Å². The Morgan fingerprint density at radius 2 is 1.67 bits per heavy atom. The van der Waals surface area contributed by atoms with Crippen LogP contribution in [0.25, 0.3) is 0 Å². The van der Waals surface area contributed by atoms with E-state index in [1.807, 2.05) is 0 Å². The quantitative estimate of drug-likeness (QED) is 0.871. The molecular weight excluding hydrogens is 347 g/mol. The number of anilines is 1. The zero-order valence-electron chi connectivity index (χ0n) is 13.0. The molecule has 1 aromatic rings. The molecule has 2 rings (SSSR count). The summed E-state index contributed by atoms with van der Waals surface area (Å²) in [5, 5.41) is 2.53. The van der Waals surface area contributed by atoms with Gasteiger partial charge in [0.1, 0.15) is 0 Å². The molecule has 134 valence electrons. The van der Waals surface area contributed by atoms with Crippen molar-refractivity contribution in [3.05, 3.63) is 29.8 Å². The summed E-state index contributed by atoms with van der Waals surface area (Å²) in [6.07, 6.45) is -3.28. The van der Waals surface area contributed by atoms with Gasteiger partial charge in [-0.15, -0.1) is 0 Å². The molecule has 0 bridgehead atoms. The molecule has 1 heterocycles. The van der Waals surface area contributed by atoms with Crippen molar-refractivity contribution in [2.24, 2.45) is 0 Å². The van der Waals surface area contributed by atoms with Crippen LogP contribution in [0, 0.1) is 0 Å². The van der Waals surface area contributed by atoms with E-state index in [1.165, 1.54) is 16.4 Å². The van der Waals surface area contributed by atoms with Crippen molar-refractivity contribution in [3.63, 3.8) is 0 Å². The monoisotopic (exact) mass is 365 g/mol. The standard InChI is InChI=1S/C14H18F3N3O3S/c1-24(22,23)20-8-6-19(7-9-20)10-13(21)18-12-4-2-11(3-5-12)14(15,16)17/h2-5H,6-10H2,1H3,(H,18,21). The number of sulfonamides is 1. The van der Waals surface area contributed by atoms with E-state index in [4.69, 9.17) is 0 Å². The number of halogens is 3. The molecule has 1 fully saturated rings. The number of benzene rings is 1. The van der Waals surface area contributed by atoms with Gasteiger partial charge in [0.15, 0.2) is 0 Å². The van der Waals surface area contributed by atoms with Crippen molar-refractivity contribution in [2.75, 3.05) is 44.3 Å². The molecule has 6 nitrogen and oxygen atoms in total. The Kier molecular flexibility index (Phi) is 5.51. The Labute approximate surface area is 138 Å². The molecule has 0 radical (unpaired) electrons. The van der Waals surface area contributed by atoms with Gasteiger partial charge >= 0.3 is 6.18 Å². The van der Waals surface area contributed by atoms with Crippen LogP contribution in [0.2, 0.25) is 0 Å². The van der Waals surface area contributed by atoms with E-state index in [-0.39, 0.29) is 18.1 Å². The molecule has 1 aliphatic heterocycles. The van der Waals surface area contributed by atoms with E-state index >= 15 is 0 Å². The number of hydrogen-bond donors (Lipinski definition) is 1. The molecule has 0 aliphatic carbocycles. The van der Waals surface area contributed by atoms with Crippen molar-refractivity contribution in [1.82, 2.24) is 9.21 Å². The third kappa shape index (κ3) is 5.18. The fourth-order valence-corrected chi connectivity index (χ4v) is 3.19. The second-order valence-corrected chi connectivity index (χ2v) is 7.54. The molecule has 1 amide bonds. The Bertz CT molecular complexity index is 681. The maximum atomic E-state index is 12.5. The van der Waals surface area contributed by atoms with Gasteiger partial charge in [0.25, 0.3) is 0 Å². The number of carbonyl (C=O) groups excluding carboxylic acids is 1. The smallest absolute Gasteiger partial charge is 0.325 e. The van der Waals surface area contributed by atoms with Gasteiger partial charge < -0.3 is 5.32 Å². The maximum absolute atomic E-state index is 12.5. The molecule has 0 atom stereocenters. The highest BCUT2D eigenvalue weighted by molar-refractivity contribution is 7.88. The number of carbonyl (C=O) groups is 1. The molecule has 1 aliphatic rings. The van der Waals surface area contributed by atoms with Crippen LogP contribution in [0.15, 0.2) is 24.3 Å². The fraction of sp³-hybridized carbons (Fsp3) is 0.500. The van der Waals surface area contributed by atoms with Crippen molar-refractivity contribution >= 4 is 21.6 Å². The van der Waals surface area contributed by atoms with Gasteiger partial charge in [-0.05, 0) is 24.3 Å². The van der Waals surface area contributed by atoms with Gasteiger partial charge in [-0.1, -0.05) is 0 Å². The van der Waals surface area contributed by atoms with Crippen LogP contribution in [0.4, 0.5) is 18.9 Å². The van der Waals surface area contributed by atoms with Crippen LogP contribution >= 0.6 is 0 Å². The van der Waals surface area contributed by atoms with E-state index in [2.05, 4.69) is 5.32 Å². The van der Waals surface area contributed by atoms with Crippen LogP contribution < -0.4 is 5.32 Å². The molecule has 0 saturated carbocycles. The molecule has 1 saturated heterocycles. The summed E-state index contributed by atoms with van der Waals surface area (Å²) in [5.41, 5.74) is -0.500. The first-order valence-corrected chi connectivity index (χ1v) is 9.05. The van der Waals surface area contributed by atoms with Gasteiger partial charge in [-0.25, -0.2) is 8.42 Å². The average Bonchev–Trinajstić information content (AvgIpc) is 2.46. The van der Waals surface area contributed by atoms with E-state index in [0.717, 1.165) is 18.4 Å². The van der Waals surface area contributed by atoms with E-state index in [9.17, 15) is 26.4 Å². The SMILES string of the molecule is CS(=O)(=O)N1CCN(CC(=O)Nc2ccc(C(F)(F)F)cc2)CC1. The van der Waals surface area contributed by atoms with Gasteiger partial charge in [0.2, 0.25) is 15.9 Å². The normalized spacial score (nSPS) is 17.7. The number of alkyl halides is 3. The van der Waals surface area contributed by atoms with Crippen molar-refractivity contribution in [2.45, 2.75) is 6.18 Å². The molecule has 1 N–H and O–H groups in total. The molecular formula is C14H18F3N3O3S. The number of amides is 1. The van der Waals surface area contributed by atoms with Crippen molar-refractivity contribution in [1.29, 1.82) is 0 Å². The minimum atomic E-state index is -4.41. The zero-order chi connectivity index (χ0) is 18.0. The topological polar surface area (TPSA) is 69.7 Å². The zero-order valence-corrected chi connectivity index (χ0v) is 13.8. The highest BCUT2D eigenvalue weighted by atomic mass is 32.2. The lowest BCUT2D eigenvalue weighted by molar-refractivity contribution is -0.137. The summed E-state index contributed by atoms with van der Waals surface area (Å²) in [6, 6.07) is 4.20. The largest absolute Gasteiger partial charge is 0.416 e. The first-order valence-electron chi connectivity index (χ1n) is 7.20. The summed E-state index contributed by atoms with van der Waals surface area (Å²) < 4.78 is 61.5. The molecule has 10 heteroatoms. The fourth-order valence-electron chi connectivity index (χ4n) is 2.37. The van der Waals surface area contributed by atoms with Crippen molar-refractivity contribution < 1.29 is 26.4 Å². The number of piperazine rings is 1. The average molecular weight is 365 g/mol. The predicted molar refractivity (Wildman–Crippen MR) is 82.9 cm³/mol. The summed E-state index contributed by atoms with van der Waals surface area (Å²) in [4.78, 5) is 13.7. The summed E-state index contributed by atoms with van der Waals surface area (Å²) >= 11 is 0. The van der Waals surface area contributed by atoms with Crippen LogP contribution in [-0.4, -0.2) is 62.5 Å². The number of hydrogen-bond acceptors (Lipinski definition) is 4. The minimum absolute atomic E-state index is 0.0542. The summed E-state index contributed by atoms with van der Waals surface area (Å²) in [6.45, 7) is 1.53. The van der Waals surface area contributed by atoms with Gasteiger partial charge in [0.05, 0.1) is 18.4 Å². The van der Waals surface area contributed by atoms with Crippen LogP contribution in [0.1, 0.15) is 5.56 Å². The third-order valence-corrected chi connectivity index (χ3v) is 4.97. The first kappa shape index (κ1) is 18.7. The van der Waals surface area contributed by atoms with Crippen molar-refractivity contribution in [3.8, 4) is 0 Å². The highest BCUT2D eigenvalue weighted by Crippen LogP contribution is 2.29. The van der Waals surface area contributed by atoms with E-state index in [1.54, 1.807) is 4.90 Å². The Morgan fingerprint density at radius 1 is 1.12 bits per heavy atom. The van der Waals surface area contributed by atoms with Crippen LogP contribution in [-0.2, 0) is 21.0 Å². The second-order valence-electron chi connectivity index (χ2n) is 5.56. The Balaban J connectivity index is 1.84. The van der Waals surface area contributed by atoms with E-state index in [0.29, 0.717) is 26.2 Å². The second kappa shape index (κ2) is 7.08. The molecule has 1 aromatic carbocycles. The van der Waals surface area contributed by atoms with E-state index < -0.39 is 21.8 Å². The van der Waals surface area contributed by atoms with Crippen LogP contribution in [0.3, 0.4) is 0 Å².